The Kier molecular flexibility index (Phi) is 6.13. The molecule has 5 nitrogen and oxygen atoms in total. The molecular weight excluding hydrogens is 276 g/mol. The third kappa shape index (κ3) is 4.28. The number of nitrogens with zero attached hydrogens (tertiary/aromatic N) is 2. The molecule has 1 rings (SSSR count). The van der Waals surface area contributed by atoms with E-state index in [2.05, 4.69) is 0 Å². The topological polar surface area (TPSA) is 60.9 Å². The molecule has 0 spiro atoms. The van der Waals surface area contributed by atoms with Gasteiger partial charge in [0.05, 0.1) is 11.0 Å². The van der Waals surface area contributed by atoms with Crippen molar-refractivity contribution < 1.29 is 13.5 Å². The van der Waals surface area contributed by atoms with E-state index in [0.717, 1.165) is 0 Å². The van der Waals surface area contributed by atoms with Gasteiger partial charge in [0.2, 0.25) is 10.0 Å². The van der Waals surface area contributed by atoms with E-state index in [1.54, 1.807) is 31.3 Å². The Morgan fingerprint density at radius 2 is 1.85 bits per heavy atom. The summed E-state index contributed by atoms with van der Waals surface area (Å²) in [5, 5.41) is 9.82. The first-order valence-electron chi connectivity index (χ1n) is 6.68. The molecule has 1 atom stereocenters. The minimum atomic E-state index is -3.50. The molecule has 1 N–H and O–H groups in total. The molecule has 0 aliphatic heterocycles. The predicted octanol–water partition coefficient (Wildman–Crippen LogP) is 1.31. The number of benzene rings is 1. The molecule has 1 unspecified atom stereocenters. The average molecular weight is 300 g/mol. The smallest absolute Gasteiger partial charge is 0.242 e. The summed E-state index contributed by atoms with van der Waals surface area (Å²) in [5.41, 5.74) is 0.634. The fraction of sp³-hybridized carbons (Fsp3) is 0.571. The van der Waals surface area contributed by atoms with Crippen LogP contribution in [0.15, 0.2) is 29.2 Å². The lowest BCUT2D eigenvalue weighted by atomic mass is 10.1. The van der Waals surface area contributed by atoms with Crippen molar-refractivity contribution in [2.45, 2.75) is 24.3 Å². The molecule has 0 bridgehead atoms. The molecule has 0 fully saturated rings. The quantitative estimate of drug-likeness (QED) is 0.825. The molecular formula is C14H24N2O3S. The standard InChI is InChI=1S/C14H24N2O3S/c1-5-14(17)12-7-6-8-13(11-12)20(18,19)16(4)10-9-15(2)3/h6-8,11,14,17H,5,9-10H2,1-4H3. The zero-order chi connectivity index (χ0) is 15.3. The molecule has 1 aromatic carbocycles. The second kappa shape index (κ2) is 7.17. The van der Waals surface area contributed by atoms with Crippen LogP contribution in [0.2, 0.25) is 0 Å². The van der Waals surface area contributed by atoms with E-state index < -0.39 is 16.1 Å². The van der Waals surface area contributed by atoms with Crippen LogP contribution in [-0.2, 0) is 10.0 Å². The summed E-state index contributed by atoms with van der Waals surface area (Å²) < 4.78 is 26.2. The monoisotopic (exact) mass is 300 g/mol. The Balaban J connectivity index is 2.97. The first-order chi connectivity index (χ1) is 9.28. The van der Waals surface area contributed by atoms with E-state index in [0.29, 0.717) is 25.1 Å². The maximum absolute atomic E-state index is 12.4. The summed E-state index contributed by atoms with van der Waals surface area (Å²) in [4.78, 5) is 2.16. The molecule has 0 radical (unpaired) electrons. The predicted molar refractivity (Wildman–Crippen MR) is 80.1 cm³/mol. The van der Waals surface area contributed by atoms with Gasteiger partial charge in [0.1, 0.15) is 0 Å². The van der Waals surface area contributed by atoms with E-state index in [1.165, 1.54) is 4.31 Å². The van der Waals surface area contributed by atoms with Crippen molar-refractivity contribution in [3.8, 4) is 0 Å². The highest BCUT2D eigenvalue weighted by Crippen LogP contribution is 2.21. The van der Waals surface area contributed by atoms with Crippen LogP contribution in [0, 0.1) is 0 Å². The van der Waals surface area contributed by atoms with E-state index in [-0.39, 0.29) is 4.90 Å². The average Bonchev–Trinajstić information content (AvgIpc) is 2.43. The molecule has 0 saturated heterocycles. The van der Waals surface area contributed by atoms with Gasteiger partial charge in [-0.3, -0.25) is 0 Å². The van der Waals surface area contributed by atoms with Crippen molar-refractivity contribution >= 4 is 10.0 Å². The Morgan fingerprint density at radius 3 is 2.40 bits per heavy atom. The highest BCUT2D eigenvalue weighted by Gasteiger charge is 2.21. The van der Waals surface area contributed by atoms with Gasteiger partial charge >= 0.3 is 0 Å². The van der Waals surface area contributed by atoms with Gasteiger partial charge in [-0.05, 0) is 38.2 Å². The van der Waals surface area contributed by atoms with Crippen molar-refractivity contribution in [2.24, 2.45) is 0 Å². The molecule has 114 valence electrons. The van der Waals surface area contributed by atoms with Gasteiger partial charge in [-0.25, -0.2) is 8.42 Å². The maximum Gasteiger partial charge on any atom is 0.242 e. The van der Waals surface area contributed by atoms with E-state index in [9.17, 15) is 13.5 Å². The Morgan fingerprint density at radius 1 is 1.20 bits per heavy atom. The number of likely N-dealkylation sites (N-methyl/N-ethyl adjacent to an activating group) is 2. The van der Waals surface area contributed by atoms with Gasteiger partial charge in [0, 0.05) is 20.1 Å². The maximum atomic E-state index is 12.4. The Hall–Kier alpha value is -0.950. The molecule has 20 heavy (non-hydrogen) atoms. The van der Waals surface area contributed by atoms with Crippen LogP contribution >= 0.6 is 0 Å². The lowest BCUT2D eigenvalue weighted by Crippen LogP contribution is -2.33. The first kappa shape index (κ1) is 17.1. The molecule has 0 aliphatic rings. The molecule has 0 saturated carbocycles. The Labute approximate surface area is 121 Å². The number of hydrogen-bond donors (Lipinski definition) is 1. The third-order valence-electron chi connectivity index (χ3n) is 3.20. The molecule has 0 amide bonds. The van der Waals surface area contributed by atoms with Crippen molar-refractivity contribution in [1.29, 1.82) is 0 Å². The van der Waals surface area contributed by atoms with E-state index in [1.807, 2.05) is 25.9 Å². The number of rotatable bonds is 7. The van der Waals surface area contributed by atoms with Gasteiger partial charge in [0.25, 0.3) is 0 Å². The largest absolute Gasteiger partial charge is 0.388 e. The van der Waals surface area contributed by atoms with Crippen LogP contribution in [0.5, 0.6) is 0 Å². The van der Waals surface area contributed by atoms with Crippen LogP contribution in [0.4, 0.5) is 0 Å². The summed E-state index contributed by atoms with van der Waals surface area (Å²) in [5.74, 6) is 0. The lowest BCUT2D eigenvalue weighted by Gasteiger charge is -2.20. The summed E-state index contributed by atoms with van der Waals surface area (Å²) >= 11 is 0. The minimum absolute atomic E-state index is 0.226. The zero-order valence-electron chi connectivity index (χ0n) is 12.6. The van der Waals surface area contributed by atoms with Gasteiger partial charge in [-0.1, -0.05) is 19.1 Å². The fourth-order valence-electron chi connectivity index (χ4n) is 1.76. The first-order valence-corrected chi connectivity index (χ1v) is 8.12. The van der Waals surface area contributed by atoms with Gasteiger partial charge < -0.3 is 10.0 Å². The van der Waals surface area contributed by atoms with E-state index in [4.69, 9.17) is 0 Å². The van der Waals surface area contributed by atoms with Gasteiger partial charge in [-0.15, -0.1) is 0 Å². The van der Waals surface area contributed by atoms with Crippen LogP contribution in [0.3, 0.4) is 0 Å². The van der Waals surface area contributed by atoms with Crippen molar-refractivity contribution in [3.05, 3.63) is 29.8 Å². The molecule has 0 aliphatic carbocycles. The molecule has 6 heteroatoms. The summed E-state index contributed by atoms with van der Waals surface area (Å²) in [6, 6.07) is 6.52. The second-order valence-corrected chi connectivity index (χ2v) is 7.17. The lowest BCUT2D eigenvalue weighted by molar-refractivity contribution is 0.173. The van der Waals surface area contributed by atoms with Gasteiger partial charge in [-0.2, -0.15) is 4.31 Å². The zero-order valence-corrected chi connectivity index (χ0v) is 13.4. The highest BCUT2D eigenvalue weighted by atomic mass is 32.2. The van der Waals surface area contributed by atoms with Crippen molar-refractivity contribution in [3.63, 3.8) is 0 Å². The fourth-order valence-corrected chi connectivity index (χ4v) is 2.98. The highest BCUT2D eigenvalue weighted by molar-refractivity contribution is 7.89. The third-order valence-corrected chi connectivity index (χ3v) is 5.05. The van der Waals surface area contributed by atoms with Crippen LogP contribution < -0.4 is 0 Å². The van der Waals surface area contributed by atoms with Gasteiger partial charge in [0.15, 0.2) is 0 Å². The van der Waals surface area contributed by atoms with Crippen molar-refractivity contribution in [1.82, 2.24) is 9.21 Å². The molecule has 0 heterocycles. The number of aliphatic hydroxyl groups is 1. The Bertz CT molecular complexity index is 529. The summed E-state index contributed by atoms with van der Waals surface area (Å²) in [7, 11) is 1.87. The van der Waals surface area contributed by atoms with E-state index >= 15 is 0 Å². The number of sulfonamides is 1. The summed E-state index contributed by atoms with van der Waals surface area (Å²) in [6.07, 6.45) is -0.0720. The van der Waals surface area contributed by atoms with Crippen LogP contribution in [-0.4, -0.2) is 57.0 Å². The second-order valence-electron chi connectivity index (χ2n) is 5.13. The van der Waals surface area contributed by atoms with Crippen molar-refractivity contribution in [2.75, 3.05) is 34.2 Å². The summed E-state index contributed by atoms with van der Waals surface area (Å²) in [6.45, 7) is 2.94. The SMILES string of the molecule is CCC(O)c1cccc(S(=O)(=O)N(C)CCN(C)C)c1. The van der Waals surface area contributed by atoms with Crippen LogP contribution in [0.1, 0.15) is 25.0 Å². The molecule has 1 aromatic rings. The number of hydrogen-bond acceptors (Lipinski definition) is 4. The molecule has 0 aromatic heterocycles. The normalized spacial score (nSPS) is 13.9. The van der Waals surface area contributed by atoms with Crippen LogP contribution in [0.25, 0.3) is 0 Å². The minimum Gasteiger partial charge on any atom is -0.388 e. The number of aliphatic hydroxyl groups excluding tert-OH is 1.